The predicted octanol–water partition coefficient (Wildman–Crippen LogP) is -0.509. The van der Waals surface area contributed by atoms with E-state index in [0.29, 0.717) is 0 Å². The van der Waals surface area contributed by atoms with Gasteiger partial charge in [0.15, 0.2) is 5.60 Å². The van der Waals surface area contributed by atoms with Gasteiger partial charge in [0.25, 0.3) is 0 Å². The van der Waals surface area contributed by atoms with Gasteiger partial charge < -0.3 is 31.1 Å². The van der Waals surface area contributed by atoms with Crippen LogP contribution < -0.4 is 11.1 Å². The van der Waals surface area contributed by atoms with Gasteiger partial charge in [-0.1, -0.05) is 0 Å². The van der Waals surface area contributed by atoms with E-state index in [1.807, 2.05) is 0 Å². The molecule has 1 aliphatic heterocycles. The Morgan fingerprint density at radius 2 is 2.04 bits per heavy atom. The molecule has 0 aromatic rings. The summed E-state index contributed by atoms with van der Waals surface area (Å²) in [6.07, 6.45) is -3.07. The number of halogens is 2. The van der Waals surface area contributed by atoms with Gasteiger partial charge in [-0.25, -0.2) is 4.79 Å². The zero-order chi connectivity index (χ0) is 18.4. The van der Waals surface area contributed by atoms with Gasteiger partial charge in [-0.3, -0.25) is 4.79 Å². The van der Waals surface area contributed by atoms with E-state index in [9.17, 15) is 24.9 Å². The molecular weight excluding hydrogens is 363 g/mol. The minimum absolute atomic E-state index is 0.214. The summed E-state index contributed by atoms with van der Waals surface area (Å²) in [6.45, 7) is 2.84. The van der Waals surface area contributed by atoms with Crippen molar-refractivity contribution < 1.29 is 29.6 Å². The first kappa shape index (κ1) is 19.3. The molecule has 1 saturated heterocycles. The van der Waals surface area contributed by atoms with E-state index in [-0.39, 0.29) is 12.0 Å². The molecule has 8 nitrogen and oxygen atoms in total. The van der Waals surface area contributed by atoms with Crippen LogP contribution in [0, 0.1) is 5.92 Å². The second kappa shape index (κ2) is 6.68. The molecule has 1 heterocycles. The zero-order valence-corrected chi connectivity index (χ0v) is 14.6. The Bertz CT molecular complexity index is 582. The Hall–Kier alpha value is -1.06. The lowest BCUT2D eigenvalue weighted by atomic mass is 9.71. The minimum Gasteiger partial charge on any atom is -0.512 e. The summed E-state index contributed by atoms with van der Waals surface area (Å²) in [4.78, 5) is 23.1. The lowest BCUT2D eigenvalue weighted by Gasteiger charge is -2.50. The Kier molecular flexibility index (Phi) is 5.37. The number of carbonyl (C=O) groups excluding carboxylic acids is 2. The van der Waals surface area contributed by atoms with E-state index in [2.05, 4.69) is 5.32 Å². The molecule has 1 fully saturated rings. The number of hydrogen-bond donors (Lipinski definition) is 5. The van der Waals surface area contributed by atoms with E-state index in [0.717, 1.165) is 0 Å². The first-order chi connectivity index (χ1) is 11.0. The van der Waals surface area contributed by atoms with Gasteiger partial charge in [0.2, 0.25) is 5.91 Å². The Morgan fingerprint density at radius 1 is 1.46 bits per heavy atom. The molecule has 2 rings (SSSR count). The van der Waals surface area contributed by atoms with Gasteiger partial charge >= 0.3 is 5.97 Å². The number of hydrogen-bond acceptors (Lipinski definition) is 7. The Labute approximate surface area is 148 Å². The molecule has 0 aromatic heterocycles. The van der Waals surface area contributed by atoms with Crippen molar-refractivity contribution in [1.29, 1.82) is 0 Å². The van der Waals surface area contributed by atoms with Crippen molar-refractivity contribution in [2.75, 3.05) is 0 Å². The summed E-state index contributed by atoms with van der Waals surface area (Å²) >= 11 is 11.9. The van der Waals surface area contributed by atoms with Gasteiger partial charge in [0.05, 0.1) is 29.9 Å². The van der Waals surface area contributed by atoms with Gasteiger partial charge in [0, 0.05) is 12.3 Å². The van der Waals surface area contributed by atoms with Crippen molar-refractivity contribution in [3.8, 4) is 0 Å². The monoisotopic (exact) mass is 382 g/mol. The molecule has 0 aromatic carbocycles. The smallest absolute Gasteiger partial charge is 0.338 e. The van der Waals surface area contributed by atoms with Crippen LogP contribution in [0.3, 0.4) is 0 Å². The number of alkyl halides is 2. The van der Waals surface area contributed by atoms with Crippen molar-refractivity contribution in [1.82, 2.24) is 5.32 Å². The lowest BCUT2D eigenvalue weighted by Crippen LogP contribution is -2.68. The number of carbonyl (C=O) groups is 2. The molecule has 0 bridgehead atoms. The highest BCUT2D eigenvalue weighted by Gasteiger charge is 2.59. The normalized spacial score (nSPS) is 37.8. The van der Waals surface area contributed by atoms with Crippen LogP contribution in [0.2, 0.25) is 0 Å². The van der Waals surface area contributed by atoms with Crippen LogP contribution in [0.25, 0.3) is 0 Å². The van der Waals surface area contributed by atoms with Crippen LogP contribution in [0.4, 0.5) is 0 Å². The molecule has 0 saturated carbocycles. The van der Waals surface area contributed by atoms with Crippen molar-refractivity contribution in [2.24, 2.45) is 11.7 Å². The lowest BCUT2D eigenvalue weighted by molar-refractivity contribution is -0.173. The molecule has 1 amide bonds. The number of aliphatic hydroxyl groups excluding tert-OH is 3. The average Bonchev–Trinajstić information content (AvgIpc) is 2.46. The quantitative estimate of drug-likeness (QED) is 0.326. The summed E-state index contributed by atoms with van der Waals surface area (Å²) in [6, 6.07) is -1.99. The first-order valence-electron chi connectivity index (χ1n) is 7.36. The van der Waals surface area contributed by atoms with E-state index in [1.165, 1.54) is 13.8 Å². The predicted molar refractivity (Wildman–Crippen MR) is 85.3 cm³/mol. The topological polar surface area (TPSA) is 142 Å². The second-order valence-electron chi connectivity index (χ2n) is 6.30. The first-order valence-corrected chi connectivity index (χ1v) is 8.23. The maximum Gasteiger partial charge on any atom is 0.338 e. The standard InChI is InChI=1S/C14H20Cl2N2O6/c1-4(17)11(22)18-10-8-7(5(19)3-6(20)9(8)21)12(23)24-14(10,2)13(15)16/h4,6,8-10,13,19-21H,3,17H2,1-2H3,(H,18,22)/t4-,6-,8+,9+,10+,14-/m1/s1. The van der Waals surface area contributed by atoms with Crippen LogP contribution in [-0.4, -0.2) is 61.9 Å². The van der Waals surface area contributed by atoms with Crippen molar-refractivity contribution in [2.45, 2.75) is 55.0 Å². The fourth-order valence-corrected chi connectivity index (χ4v) is 3.38. The number of nitrogens with one attached hydrogen (secondary N) is 1. The molecule has 6 N–H and O–H groups in total. The van der Waals surface area contributed by atoms with Crippen molar-refractivity contribution >= 4 is 35.1 Å². The molecule has 2 aliphatic rings. The van der Waals surface area contributed by atoms with Crippen LogP contribution in [-0.2, 0) is 14.3 Å². The maximum atomic E-state index is 12.3. The van der Waals surface area contributed by atoms with E-state index < -0.39 is 58.3 Å². The van der Waals surface area contributed by atoms with Gasteiger partial charge in [-0.2, -0.15) is 0 Å². The number of esters is 1. The van der Waals surface area contributed by atoms with E-state index in [1.54, 1.807) is 0 Å². The summed E-state index contributed by atoms with van der Waals surface area (Å²) in [5.74, 6) is -3.07. The van der Waals surface area contributed by atoms with Crippen molar-refractivity contribution in [3.05, 3.63) is 11.3 Å². The van der Waals surface area contributed by atoms with Gasteiger partial charge in [0.1, 0.15) is 10.6 Å². The number of nitrogens with two attached hydrogens (primary N) is 1. The Balaban J connectivity index is 2.55. The molecular formula is C14H20Cl2N2O6. The molecule has 0 radical (unpaired) electrons. The maximum absolute atomic E-state index is 12.3. The summed E-state index contributed by atoms with van der Waals surface area (Å²) in [7, 11) is 0. The SMILES string of the molecule is C[C@@H](N)C(=O)N[C@H]1[C@H]2C(=C(O)C[C@@H](O)[C@@H]2O)C(=O)O[C@@]1(C)C(Cl)Cl. The summed E-state index contributed by atoms with van der Waals surface area (Å²) in [5.41, 5.74) is 3.73. The van der Waals surface area contributed by atoms with Crippen LogP contribution in [0.15, 0.2) is 11.3 Å². The number of ether oxygens (including phenoxy) is 1. The van der Waals surface area contributed by atoms with E-state index >= 15 is 0 Å². The van der Waals surface area contributed by atoms with Crippen LogP contribution in [0.5, 0.6) is 0 Å². The third-order valence-electron chi connectivity index (χ3n) is 4.46. The number of rotatable bonds is 3. The third-order valence-corrected chi connectivity index (χ3v) is 5.33. The average molecular weight is 383 g/mol. The van der Waals surface area contributed by atoms with Crippen LogP contribution >= 0.6 is 23.2 Å². The van der Waals surface area contributed by atoms with Gasteiger partial charge in [-0.15, -0.1) is 23.2 Å². The van der Waals surface area contributed by atoms with E-state index in [4.69, 9.17) is 33.7 Å². The molecule has 0 unspecified atom stereocenters. The minimum atomic E-state index is -1.60. The third kappa shape index (κ3) is 3.09. The summed E-state index contributed by atoms with van der Waals surface area (Å²) in [5, 5.41) is 32.9. The van der Waals surface area contributed by atoms with Gasteiger partial charge in [-0.05, 0) is 13.8 Å². The fourth-order valence-electron chi connectivity index (χ4n) is 3.02. The number of fused-ring (bicyclic) bond motifs is 1. The molecule has 10 heteroatoms. The Morgan fingerprint density at radius 3 is 2.54 bits per heavy atom. The fraction of sp³-hybridized carbons (Fsp3) is 0.714. The largest absolute Gasteiger partial charge is 0.512 e. The number of aliphatic hydroxyl groups is 3. The molecule has 6 atom stereocenters. The molecule has 0 spiro atoms. The number of cyclic esters (lactones) is 1. The molecule has 136 valence electrons. The van der Waals surface area contributed by atoms with Crippen molar-refractivity contribution in [3.63, 3.8) is 0 Å². The highest BCUT2D eigenvalue weighted by atomic mass is 35.5. The highest BCUT2D eigenvalue weighted by molar-refractivity contribution is 6.45. The summed E-state index contributed by atoms with van der Waals surface area (Å²) < 4.78 is 5.28. The highest BCUT2D eigenvalue weighted by Crippen LogP contribution is 2.44. The second-order valence-corrected chi connectivity index (χ2v) is 7.39. The number of amides is 1. The zero-order valence-electron chi connectivity index (χ0n) is 13.1. The van der Waals surface area contributed by atoms with Crippen LogP contribution in [0.1, 0.15) is 20.3 Å². The molecule has 24 heavy (non-hydrogen) atoms. The molecule has 1 aliphatic carbocycles.